The molecule has 0 saturated carbocycles. The average molecular weight is 324 g/mol. The lowest BCUT2D eigenvalue weighted by atomic mass is 9.88. The maximum atomic E-state index is 13.7. The van der Waals surface area contributed by atoms with Crippen LogP contribution in [0.25, 0.3) is 11.1 Å². The second kappa shape index (κ2) is 5.49. The summed E-state index contributed by atoms with van der Waals surface area (Å²) in [5.41, 5.74) is 4.62. The summed E-state index contributed by atoms with van der Waals surface area (Å²) in [4.78, 5) is 2.57. The van der Waals surface area contributed by atoms with Crippen molar-refractivity contribution in [2.75, 3.05) is 31.1 Å². The van der Waals surface area contributed by atoms with Crippen LogP contribution < -0.4 is 15.0 Å². The standard InChI is InChI=1S/C20H21FN2O/c21-15-4-1-3-13(9-15)14-10-16-17-12-22-6-5-18(17)23-7-2-8-24-19(11-14)20(16)23/h1,3-4,9-11,17-18,22H,2,5-8,12H2/t17-,18-/m0/s1. The SMILES string of the molecule is Fc1cccc(-c2cc3c4c(c2)[C@@H]2CNCC[C@@H]2N4CCCO3)c1. The summed E-state index contributed by atoms with van der Waals surface area (Å²) in [6.45, 7) is 3.92. The summed E-state index contributed by atoms with van der Waals surface area (Å²) < 4.78 is 19.7. The van der Waals surface area contributed by atoms with E-state index in [1.807, 2.05) is 6.07 Å². The van der Waals surface area contributed by atoms with Gasteiger partial charge >= 0.3 is 0 Å². The number of fused-ring (bicyclic) bond motifs is 3. The number of benzene rings is 2. The first-order valence-electron chi connectivity index (χ1n) is 8.85. The molecular weight excluding hydrogens is 303 g/mol. The van der Waals surface area contributed by atoms with Gasteiger partial charge < -0.3 is 15.0 Å². The van der Waals surface area contributed by atoms with Gasteiger partial charge in [0.2, 0.25) is 0 Å². The fourth-order valence-corrected chi connectivity index (χ4v) is 4.56. The van der Waals surface area contributed by atoms with Crippen LogP contribution in [0.15, 0.2) is 36.4 Å². The van der Waals surface area contributed by atoms with Crippen LogP contribution in [0.3, 0.4) is 0 Å². The monoisotopic (exact) mass is 324 g/mol. The first kappa shape index (κ1) is 14.3. The molecule has 1 saturated heterocycles. The van der Waals surface area contributed by atoms with Gasteiger partial charge in [-0.25, -0.2) is 4.39 Å². The van der Waals surface area contributed by atoms with Gasteiger partial charge in [-0.05, 0) is 60.3 Å². The molecule has 1 fully saturated rings. The molecule has 2 aromatic carbocycles. The van der Waals surface area contributed by atoms with E-state index in [1.54, 1.807) is 12.1 Å². The number of nitrogens with zero attached hydrogens (tertiary/aromatic N) is 1. The summed E-state index contributed by atoms with van der Waals surface area (Å²) >= 11 is 0. The fourth-order valence-electron chi connectivity index (χ4n) is 4.56. The zero-order valence-electron chi connectivity index (χ0n) is 13.6. The van der Waals surface area contributed by atoms with Crippen molar-refractivity contribution in [2.45, 2.75) is 24.8 Å². The molecule has 3 aliphatic rings. The summed E-state index contributed by atoms with van der Waals surface area (Å²) in [6.07, 6.45) is 2.23. The maximum absolute atomic E-state index is 13.7. The molecule has 0 aliphatic carbocycles. The van der Waals surface area contributed by atoms with Crippen molar-refractivity contribution in [3.8, 4) is 16.9 Å². The van der Waals surface area contributed by atoms with Crippen molar-refractivity contribution in [3.05, 3.63) is 47.8 Å². The number of halogens is 1. The van der Waals surface area contributed by atoms with E-state index in [2.05, 4.69) is 22.3 Å². The van der Waals surface area contributed by atoms with Crippen LogP contribution in [0, 0.1) is 5.82 Å². The average Bonchev–Trinajstić information content (AvgIpc) is 2.77. The number of piperidine rings is 1. The van der Waals surface area contributed by atoms with E-state index in [0.29, 0.717) is 12.0 Å². The Morgan fingerprint density at radius 2 is 2.12 bits per heavy atom. The van der Waals surface area contributed by atoms with Gasteiger partial charge in [0.05, 0.1) is 12.3 Å². The maximum Gasteiger partial charge on any atom is 0.143 e. The van der Waals surface area contributed by atoms with E-state index in [4.69, 9.17) is 4.74 Å². The molecule has 2 atom stereocenters. The molecule has 3 aliphatic heterocycles. The Kier molecular flexibility index (Phi) is 3.27. The minimum absolute atomic E-state index is 0.196. The third kappa shape index (κ3) is 2.13. The molecule has 2 aromatic rings. The van der Waals surface area contributed by atoms with Crippen LogP contribution in [-0.2, 0) is 0 Å². The van der Waals surface area contributed by atoms with Crippen molar-refractivity contribution in [2.24, 2.45) is 0 Å². The van der Waals surface area contributed by atoms with E-state index in [1.165, 1.54) is 23.7 Å². The topological polar surface area (TPSA) is 24.5 Å². The first-order valence-corrected chi connectivity index (χ1v) is 8.85. The molecule has 1 N–H and O–H groups in total. The normalized spacial score (nSPS) is 24.8. The number of anilines is 1. The van der Waals surface area contributed by atoms with Gasteiger partial charge in [0.1, 0.15) is 11.6 Å². The molecule has 0 aromatic heterocycles. The number of rotatable bonds is 1. The lowest BCUT2D eigenvalue weighted by Crippen LogP contribution is -2.44. The molecule has 4 heteroatoms. The molecule has 0 spiro atoms. The van der Waals surface area contributed by atoms with Gasteiger partial charge in [0, 0.05) is 25.0 Å². The Morgan fingerprint density at radius 3 is 3.04 bits per heavy atom. The predicted molar refractivity (Wildman–Crippen MR) is 93.3 cm³/mol. The van der Waals surface area contributed by atoms with Crippen LogP contribution in [-0.4, -0.2) is 32.3 Å². The summed E-state index contributed by atoms with van der Waals surface area (Å²) in [5, 5.41) is 3.54. The van der Waals surface area contributed by atoms with Gasteiger partial charge in [0.15, 0.2) is 0 Å². The van der Waals surface area contributed by atoms with Gasteiger partial charge in [-0.1, -0.05) is 12.1 Å². The Bertz CT molecular complexity index is 791. The molecule has 3 heterocycles. The first-order chi connectivity index (χ1) is 11.8. The van der Waals surface area contributed by atoms with Crippen LogP contribution in [0.2, 0.25) is 0 Å². The third-order valence-corrected chi connectivity index (χ3v) is 5.60. The van der Waals surface area contributed by atoms with Crippen LogP contribution >= 0.6 is 0 Å². The summed E-state index contributed by atoms with van der Waals surface area (Å²) in [6, 6.07) is 11.8. The van der Waals surface area contributed by atoms with E-state index in [0.717, 1.165) is 49.5 Å². The molecular formula is C20H21FN2O. The zero-order chi connectivity index (χ0) is 16.1. The zero-order valence-corrected chi connectivity index (χ0v) is 13.6. The van der Waals surface area contributed by atoms with E-state index in [9.17, 15) is 4.39 Å². The number of nitrogens with one attached hydrogen (secondary N) is 1. The molecule has 0 bridgehead atoms. The lowest BCUT2D eigenvalue weighted by Gasteiger charge is -2.33. The Labute approximate surface area is 141 Å². The molecule has 3 nitrogen and oxygen atoms in total. The van der Waals surface area contributed by atoms with Crippen molar-refractivity contribution < 1.29 is 9.13 Å². The van der Waals surface area contributed by atoms with Crippen LogP contribution in [0.1, 0.15) is 24.3 Å². The Balaban J connectivity index is 1.68. The minimum Gasteiger partial charge on any atom is -0.491 e. The van der Waals surface area contributed by atoms with Gasteiger partial charge in [-0.3, -0.25) is 0 Å². The minimum atomic E-state index is -0.196. The molecule has 0 amide bonds. The van der Waals surface area contributed by atoms with Crippen molar-refractivity contribution >= 4 is 5.69 Å². The van der Waals surface area contributed by atoms with E-state index >= 15 is 0 Å². The Morgan fingerprint density at radius 1 is 1.17 bits per heavy atom. The molecule has 0 unspecified atom stereocenters. The summed E-state index contributed by atoms with van der Waals surface area (Å²) in [7, 11) is 0. The highest BCUT2D eigenvalue weighted by Gasteiger charge is 2.42. The highest BCUT2D eigenvalue weighted by Crippen LogP contribution is 2.50. The van der Waals surface area contributed by atoms with Crippen molar-refractivity contribution in [1.82, 2.24) is 5.32 Å². The summed E-state index contributed by atoms with van der Waals surface area (Å²) in [5.74, 6) is 1.28. The highest BCUT2D eigenvalue weighted by molar-refractivity contribution is 5.78. The Hall–Kier alpha value is -2.07. The second-order valence-electron chi connectivity index (χ2n) is 6.98. The van der Waals surface area contributed by atoms with Crippen LogP contribution in [0.4, 0.5) is 10.1 Å². The lowest BCUT2D eigenvalue weighted by molar-refractivity contribution is 0.319. The van der Waals surface area contributed by atoms with Crippen LogP contribution in [0.5, 0.6) is 5.75 Å². The number of ether oxygens (including phenoxy) is 1. The largest absolute Gasteiger partial charge is 0.491 e. The van der Waals surface area contributed by atoms with E-state index in [-0.39, 0.29) is 5.82 Å². The predicted octanol–water partition coefficient (Wildman–Crippen LogP) is 3.54. The molecule has 24 heavy (non-hydrogen) atoms. The number of hydrogen-bond donors (Lipinski definition) is 1. The number of hydrogen-bond acceptors (Lipinski definition) is 3. The highest BCUT2D eigenvalue weighted by atomic mass is 19.1. The van der Waals surface area contributed by atoms with E-state index < -0.39 is 0 Å². The fraction of sp³-hybridized carbons (Fsp3) is 0.400. The molecule has 5 rings (SSSR count). The smallest absolute Gasteiger partial charge is 0.143 e. The second-order valence-corrected chi connectivity index (χ2v) is 6.98. The third-order valence-electron chi connectivity index (χ3n) is 5.60. The van der Waals surface area contributed by atoms with Crippen molar-refractivity contribution in [3.63, 3.8) is 0 Å². The molecule has 124 valence electrons. The quantitative estimate of drug-likeness (QED) is 0.868. The molecule has 0 radical (unpaired) electrons. The van der Waals surface area contributed by atoms with Gasteiger partial charge in [-0.15, -0.1) is 0 Å². The van der Waals surface area contributed by atoms with Crippen molar-refractivity contribution in [1.29, 1.82) is 0 Å². The van der Waals surface area contributed by atoms with Gasteiger partial charge in [-0.2, -0.15) is 0 Å². The van der Waals surface area contributed by atoms with Gasteiger partial charge in [0.25, 0.3) is 0 Å².